The average Bonchev–Trinajstić information content (AvgIpc) is 2.82. The number of hydrogen-bond acceptors (Lipinski definition) is 3. The lowest BCUT2D eigenvalue weighted by atomic mass is 10.1. The summed E-state index contributed by atoms with van der Waals surface area (Å²) in [5.41, 5.74) is 1.13. The second-order valence-corrected chi connectivity index (χ2v) is 5.00. The number of nitrogens with zero attached hydrogens (tertiary/aromatic N) is 3. The van der Waals surface area contributed by atoms with E-state index in [0.717, 1.165) is 25.1 Å². The monoisotopic (exact) mass is 250 g/mol. The van der Waals surface area contributed by atoms with Gasteiger partial charge in [-0.3, -0.25) is 9.48 Å². The van der Waals surface area contributed by atoms with Crippen molar-refractivity contribution in [1.29, 1.82) is 0 Å². The number of likely N-dealkylation sites (N-methyl/N-ethyl adjacent to an activating group) is 1. The molecule has 1 aliphatic rings. The Morgan fingerprint density at radius 1 is 1.61 bits per heavy atom. The predicted molar refractivity (Wildman–Crippen MR) is 70.2 cm³/mol. The molecule has 1 amide bonds. The van der Waals surface area contributed by atoms with Gasteiger partial charge in [-0.05, 0) is 32.4 Å². The summed E-state index contributed by atoms with van der Waals surface area (Å²) >= 11 is 0. The van der Waals surface area contributed by atoms with Gasteiger partial charge in [-0.1, -0.05) is 0 Å². The number of carbonyl (C=O) groups excluding carboxylic acids is 1. The minimum Gasteiger partial charge on any atom is -0.341 e. The number of hydrogen-bond donors (Lipinski definition) is 1. The standard InChI is InChI=1S/C13H22N4O/c1-11-8-15-17(9-11)7-5-13(18)16-6-3-4-12(10-16)14-2/h8-9,12,14H,3-7,10H2,1-2H3. The molecule has 0 bridgehead atoms. The van der Waals surface area contributed by atoms with Gasteiger partial charge in [0.2, 0.25) is 5.91 Å². The van der Waals surface area contributed by atoms with Crippen molar-refractivity contribution in [3.05, 3.63) is 18.0 Å². The van der Waals surface area contributed by atoms with Crippen LogP contribution in [0.4, 0.5) is 0 Å². The second-order valence-electron chi connectivity index (χ2n) is 5.00. The third kappa shape index (κ3) is 3.32. The van der Waals surface area contributed by atoms with Crippen molar-refractivity contribution in [3.63, 3.8) is 0 Å². The van der Waals surface area contributed by atoms with E-state index < -0.39 is 0 Å². The molecule has 0 saturated carbocycles. The van der Waals surface area contributed by atoms with Crippen molar-refractivity contribution in [2.75, 3.05) is 20.1 Å². The molecule has 1 aromatic heterocycles. The van der Waals surface area contributed by atoms with Gasteiger partial charge in [-0.15, -0.1) is 0 Å². The van der Waals surface area contributed by atoms with Gasteiger partial charge in [0.15, 0.2) is 0 Å². The number of nitrogens with one attached hydrogen (secondary N) is 1. The highest BCUT2D eigenvalue weighted by Gasteiger charge is 2.22. The molecule has 1 aliphatic heterocycles. The number of aryl methyl sites for hydroxylation is 2. The Morgan fingerprint density at radius 2 is 2.44 bits per heavy atom. The van der Waals surface area contributed by atoms with Crippen molar-refractivity contribution < 1.29 is 4.79 Å². The topological polar surface area (TPSA) is 50.2 Å². The Hall–Kier alpha value is -1.36. The fourth-order valence-electron chi connectivity index (χ4n) is 2.40. The Kier molecular flexibility index (Phi) is 4.36. The second kappa shape index (κ2) is 6.00. The number of aromatic nitrogens is 2. The van der Waals surface area contributed by atoms with E-state index in [1.165, 1.54) is 6.42 Å². The minimum absolute atomic E-state index is 0.239. The lowest BCUT2D eigenvalue weighted by Crippen LogP contribution is -2.47. The Bertz CT molecular complexity index is 401. The maximum atomic E-state index is 12.1. The number of rotatable bonds is 4. The molecule has 18 heavy (non-hydrogen) atoms. The van der Waals surface area contributed by atoms with Crippen LogP contribution in [-0.4, -0.2) is 46.8 Å². The number of piperidine rings is 1. The first-order valence-corrected chi connectivity index (χ1v) is 6.63. The quantitative estimate of drug-likeness (QED) is 0.859. The fourth-order valence-corrected chi connectivity index (χ4v) is 2.40. The Labute approximate surface area is 108 Å². The molecular formula is C13H22N4O. The summed E-state index contributed by atoms with van der Waals surface area (Å²) in [6.07, 6.45) is 6.59. The Morgan fingerprint density at radius 3 is 3.11 bits per heavy atom. The maximum Gasteiger partial charge on any atom is 0.224 e. The zero-order valence-electron chi connectivity index (χ0n) is 11.2. The molecule has 100 valence electrons. The van der Waals surface area contributed by atoms with Crippen LogP contribution in [0.3, 0.4) is 0 Å². The molecule has 1 N–H and O–H groups in total. The summed E-state index contributed by atoms with van der Waals surface area (Å²) < 4.78 is 1.84. The normalized spacial score (nSPS) is 20.1. The van der Waals surface area contributed by atoms with Gasteiger partial charge in [0.1, 0.15) is 0 Å². The van der Waals surface area contributed by atoms with E-state index in [4.69, 9.17) is 0 Å². The zero-order valence-corrected chi connectivity index (χ0v) is 11.2. The summed E-state index contributed by atoms with van der Waals surface area (Å²) in [6.45, 7) is 4.42. The number of carbonyl (C=O) groups is 1. The van der Waals surface area contributed by atoms with Gasteiger partial charge >= 0.3 is 0 Å². The predicted octanol–water partition coefficient (Wildman–Crippen LogP) is 0.792. The molecular weight excluding hydrogens is 228 g/mol. The van der Waals surface area contributed by atoms with Gasteiger partial charge in [-0.25, -0.2) is 0 Å². The van der Waals surface area contributed by atoms with Crippen molar-refractivity contribution in [2.24, 2.45) is 0 Å². The molecule has 2 rings (SSSR count). The number of amides is 1. The van der Waals surface area contributed by atoms with Crippen molar-refractivity contribution in [2.45, 2.75) is 38.8 Å². The van der Waals surface area contributed by atoms with Gasteiger partial charge in [0.05, 0.1) is 6.20 Å². The molecule has 0 aromatic carbocycles. The highest BCUT2D eigenvalue weighted by molar-refractivity contribution is 5.76. The fraction of sp³-hybridized carbons (Fsp3) is 0.692. The molecule has 5 heteroatoms. The first kappa shape index (κ1) is 13.1. The molecule has 1 saturated heterocycles. The van der Waals surface area contributed by atoms with E-state index in [0.29, 0.717) is 19.0 Å². The van der Waals surface area contributed by atoms with E-state index in [9.17, 15) is 4.79 Å². The summed E-state index contributed by atoms with van der Waals surface area (Å²) in [7, 11) is 1.96. The van der Waals surface area contributed by atoms with Gasteiger partial charge in [0.25, 0.3) is 0 Å². The SMILES string of the molecule is CNC1CCCN(C(=O)CCn2cc(C)cn2)C1. The van der Waals surface area contributed by atoms with Crippen LogP contribution in [0, 0.1) is 6.92 Å². The third-order valence-corrected chi connectivity index (χ3v) is 3.50. The molecule has 1 fully saturated rings. The van der Waals surface area contributed by atoms with Crippen molar-refractivity contribution in [3.8, 4) is 0 Å². The van der Waals surface area contributed by atoms with Gasteiger partial charge in [-0.2, -0.15) is 5.10 Å². The summed E-state index contributed by atoms with van der Waals surface area (Å²) in [5.74, 6) is 0.239. The van der Waals surface area contributed by atoms with Crippen LogP contribution in [-0.2, 0) is 11.3 Å². The van der Waals surface area contributed by atoms with Gasteiger partial charge < -0.3 is 10.2 Å². The zero-order chi connectivity index (χ0) is 13.0. The van der Waals surface area contributed by atoms with E-state index >= 15 is 0 Å². The largest absolute Gasteiger partial charge is 0.341 e. The summed E-state index contributed by atoms with van der Waals surface area (Å²) in [6, 6.07) is 0.453. The van der Waals surface area contributed by atoms with Crippen LogP contribution >= 0.6 is 0 Å². The van der Waals surface area contributed by atoms with Crippen LogP contribution in [0.15, 0.2) is 12.4 Å². The van der Waals surface area contributed by atoms with E-state index in [2.05, 4.69) is 10.4 Å². The maximum absolute atomic E-state index is 12.1. The molecule has 1 atom stereocenters. The van der Waals surface area contributed by atoms with Crippen LogP contribution in [0.5, 0.6) is 0 Å². The molecule has 0 radical (unpaired) electrons. The third-order valence-electron chi connectivity index (χ3n) is 3.50. The smallest absolute Gasteiger partial charge is 0.224 e. The van der Waals surface area contributed by atoms with E-state index in [-0.39, 0.29) is 5.91 Å². The Balaban J connectivity index is 1.80. The highest BCUT2D eigenvalue weighted by atomic mass is 16.2. The van der Waals surface area contributed by atoms with Crippen LogP contribution < -0.4 is 5.32 Å². The summed E-state index contributed by atoms with van der Waals surface area (Å²) in [5, 5.41) is 7.45. The molecule has 2 heterocycles. The van der Waals surface area contributed by atoms with Crippen LogP contribution in [0.1, 0.15) is 24.8 Å². The lowest BCUT2D eigenvalue weighted by molar-refractivity contribution is -0.132. The van der Waals surface area contributed by atoms with E-state index in [1.54, 1.807) is 0 Å². The average molecular weight is 250 g/mol. The summed E-state index contributed by atoms with van der Waals surface area (Å²) in [4.78, 5) is 14.1. The lowest BCUT2D eigenvalue weighted by Gasteiger charge is -2.32. The van der Waals surface area contributed by atoms with Crippen molar-refractivity contribution >= 4 is 5.91 Å². The molecule has 5 nitrogen and oxygen atoms in total. The van der Waals surface area contributed by atoms with E-state index in [1.807, 2.05) is 35.9 Å². The van der Waals surface area contributed by atoms with Crippen LogP contribution in [0.25, 0.3) is 0 Å². The molecule has 0 spiro atoms. The number of likely N-dealkylation sites (tertiary alicyclic amines) is 1. The van der Waals surface area contributed by atoms with Crippen LogP contribution in [0.2, 0.25) is 0 Å². The van der Waals surface area contributed by atoms with Gasteiger partial charge in [0, 0.05) is 38.3 Å². The first-order chi connectivity index (χ1) is 8.69. The molecule has 1 unspecified atom stereocenters. The van der Waals surface area contributed by atoms with Crippen molar-refractivity contribution in [1.82, 2.24) is 20.0 Å². The highest BCUT2D eigenvalue weighted by Crippen LogP contribution is 2.11. The molecule has 0 aliphatic carbocycles. The molecule has 1 aromatic rings. The minimum atomic E-state index is 0.239. The first-order valence-electron chi connectivity index (χ1n) is 6.63.